The van der Waals surface area contributed by atoms with E-state index >= 15 is 0 Å². The number of thiazole rings is 1. The molecule has 2 aliphatic heterocycles. The lowest BCUT2D eigenvalue weighted by Gasteiger charge is -2.49. The number of nitrogen functional groups attached to an aromatic ring is 2. The van der Waals surface area contributed by atoms with Crippen molar-refractivity contribution in [2.45, 2.75) is 49.1 Å². The maximum Gasteiger partial charge on any atom is 0.430 e. The van der Waals surface area contributed by atoms with Crippen molar-refractivity contribution in [3.05, 3.63) is 28.4 Å². The Balaban J connectivity index is 0.000000872. The maximum atomic E-state index is 13.3. The van der Waals surface area contributed by atoms with E-state index in [-0.39, 0.29) is 33.7 Å². The van der Waals surface area contributed by atoms with E-state index in [4.69, 9.17) is 26.2 Å². The van der Waals surface area contributed by atoms with Gasteiger partial charge in [0.25, 0.3) is 11.8 Å². The normalized spacial score (nSPS) is 17.5. The first-order chi connectivity index (χ1) is 23.2. The van der Waals surface area contributed by atoms with Gasteiger partial charge in [0.15, 0.2) is 10.8 Å². The molecule has 4 rings (SSSR count). The smallest absolute Gasteiger partial charge is 0.430 e. The average Bonchev–Trinajstić information content (AvgIpc) is 3.45. The molecule has 0 aromatic carbocycles. The van der Waals surface area contributed by atoms with Gasteiger partial charge in [0, 0.05) is 16.9 Å². The molecule has 0 saturated carbocycles. The van der Waals surface area contributed by atoms with Crippen molar-refractivity contribution in [2.75, 3.05) is 34.8 Å². The number of hydrogen-bond acceptors (Lipinski definition) is 16. The van der Waals surface area contributed by atoms with Crippen LogP contribution in [0, 0.1) is 0 Å². The van der Waals surface area contributed by atoms with Gasteiger partial charge in [-0.2, -0.15) is 13.2 Å². The van der Waals surface area contributed by atoms with Crippen molar-refractivity contribution in [2.24, 2.45) is 12.2 Å². The minimum absolute atomic E-state index is 0.0205. The number of amides is 2. The summed E-state index contributed by atoms with van der Waals surface area (Å²) in [6.07, 6.45) is -5.19. The van der Waals surface area contributed by atoms with Crippen molar-refractivity contribution in [3.8, 4) is 0 Å². The minimum Gasteiger partial charge on any atom is -0.542 e. The number of fused-ring (bicyclic) bond motifs is 1. The van der Waals surface area contributed by atoms with E-state index in [0.29, 0.717) is 23.1 Å². The largest absolute Gasteiger partial charge is 0.542 e. The van der Waals surface area contributed by atoms with Gasteiger partial charge in [0.2, 0.25) is 17.2 Å². The van der Waals surface area contributed by atoms with Crippen LogP contribution < -0.4 is 31.8 Å². The second-order valence-corrected chi connectivity index (χ2v) is 13.5. The fourth-order valence-corrected chi connectivity index (χ4v) is 7.02. The quantitative estimate of drug-likeness (QED) is 0.0392. The number of carbonyl (C=O) groups is 5. The Hall–Kier alpha value is -4.84. The number of rotatable bonds is 12. The van der Waals surface area contributed by atoms with Gasteiger partial charge >= 0.3 is 23.3 Å². The molecule has 2 unspecified atom stereocenters. The molecule has 1 fully saturated rings. The fourth-order valence-electron chi connectivity index (χ4n) is 3.99. The summed E-state index contributed by atoms with van der Waals surface area (Å²) < 4.78 is 33.4. The van der Waals surface area contributed by atoms with Crippen LogP contribution >= 0.6 is 34.9 Å². The van der Waals surface area contributed by atoms with Gasteiger partial charge in [0.1, 0.15) is 28.8 Å². The Morgan fingerprint density at radius 3 is 2.40 bits per heavy atom. The Labute approximate surface area is 293 Å². The second-order valence-electron chi connectivity index (χ2n) is 10.5. The average molecular weight is 766 g/mol. The number of carboxylic acids is 3. The third-order valence-corrected chi connectivity index (χ3v) is 9.65. The lowest BCUT2D eigenvalue weighted by molar-refractivity contribution is -0.699. The molecule has 2 aliphatic rings. The number of β-lactam (4-membered cyclic amide) rings is 1. The molecule has 24 heteroatoms. The van der Waals surface area contributed by atoms with Crippen LogP contribution in [-0.4, -0.2) is 102 Å². The number of aliphatic carboxylic acids is 3. The summed E-state index contributed by atoms with van der Waals surface area (Å²) in [6.45, 7) is 5.10. The SMILES string of the molecule is CCNc1cc(N)nc(SCC2=C(C(=O)O)N3C(=O)C(NC(=O)/C(=N\OC(C)(C)C(=O)O)c4csc(N)n4)C3SC2)[n+]1C.O=C([O-])C(F)(F)F. The van der Waals surface area contributed by atoms with Gasteiger partial charge in [-0.15, -0.1) is 23.1 Å². The molecule has 272 valence electrons. The van der Waals surface area contributed by atoms with Crippen molar-refractivity contribution < 1.29 is 61.9 Å². The zero-order valence-electron chi connectivity index (χ0n) is 26.4. The molecular weight excluding hydrogens is 736 g/mol. The summed E-state index contributed by atoms with van der Waals surface area (Å²) in [5, 5.41) is 39.1. The number of thioether (sulfide) groups is 2. The molecule has 4 heterocycles. The number of hydrogen-bond donors (Lipinski definition) is 6. The number of alkyl halides is 3. The highest BCUT2D eigenvalue weighted by Gasteiger charge is 2.54. The molecule has 2 amide bonds. The topological polar surface area (TPSA) is 279 Å². The first kappa shape index (κ1) is 39.6. The molecule has 50 heavy (non-hydrogen) atoms. The summed E-state index contributed by atoms with van der Waals surface area (Å²) >= 11 is 3.60. The number of carboxylic acid groups (broad SMARTS) is 3. The predicted molar refractivity (Wildman–Crippen MR) is 171 cm³/mol. The molecule has 0 aliphatic carbocycles. The van der Waals surface area contributed by atoms with E-state index in [9.17, 15) is 42.6 Å². The molecule has 8 N–H and O–H groups in total. The molecule has 1 saturated heterocycles. The number of carbonyl (C=O) groups excluding carboxylic acids is 3. The molecular formula is C26H30F3N9O9S3. The van der Waals surface area contributed by atoms with E-state index in [0.717, 1.165) is 22.1 Å². The number of nitrogens with two attached hydrogens (primary N) is 2. The van der Waals surface area contributed by atoms with E-state index in [1.165, 1.54) is 42.8 Å². The van der Waals surface area contributed by atoms with Crippen LogP contribution in [0.2, 0.25) is 0 Å². The van der Waals surface area contributed by atoms with E-state index in [2.05, 4.69) is 25.8 Å². The molecule has 0 radical (unpaired) electrons. The number of oxime groups is 1. The van der Waals surface area contributed by atoms with Crippen molar-refractivity contribution >= 4 is 87.1 Å². The first-order valence-electron chi connectivity index (χ1n) is 13.9. The molecule has 2 atom stereocenters. The van der Waals surface area contributed by atoms with Gasteiger partial charge in [-0.05, 0) is 38.1 Å². The Morgan fingerprint density at radius 1 is 1.24 bits per heavy atom. The number of halogens is 3. The Kier molecular flexibility index (Phi) is 12.5. The van der Waals surface area contributed by atoms with Crippen LogP contribution in [-0.2, 0) is 35.9 Å². The van der Waals surface area contributed by atoms with Crippen LogP contribution in [0.25, 0.3) is 0 Å². The fraction of sp³-hybridized carbons (Fsp3) is 0.423. The summed E-state index contributed by atoms with van der Waals surface area (Å²) in [6, 6.07) is 0.619. The van der Waals surface area contributed by atoms with E-state index < -0.39 is 52.9 Å². The van der Waals surface area contributed by atoms with Gasteiger partial charge in [-0.1, -0.05) is 10.1 Å². The second kappa shape index (κ2) is 15.8. The Bertz CT molecular complexity index is 1750. The predicted octanol–water partition coefficient (Wildman–Crippen LogP) is -0.628. The first-order valence-corrected chi connectivity index (χ1v) is 16.8. The summed E-state index contributed by atoms with van der Waals surface area (Å²) in [5.74, 6) is -5.54. The molecule has 0 bridgehead atoms. The highest BCUT2D eigenvalue weighted by molar-refractivity contribution is 8.01. The molecule has 0 spiro atoms. The highest BCUT2D eigenvalue weighted by atomic mass is 32.2. The van der Waals surface area contributed by atoms with Gasteiger partial charge in [0.05, 0.1) is 19.7 Å². The van der Waals surface area contributed by atoms with E-state index in [1.54, 1.807) is 10.6 Å². The Morgan fingerprint density at radius 2 is 1.88 bits per heavy atom. The third-order valence-electron chi connectivity index (χ3n) is 6.52. The van der Waals surface area contributed by atoms with Crippen LogP contribution in [0.15, 0.2) is 33.0 Å². The number of aromatic nitrogens is 3. The molecule has 18 nitrogen and oxygen atoms in total. The summed E-state index contributed by atoms with van der Waals surface area (Å²) in [5.41, 5.74) is 9.87. The van der Waals surface area contributed by atoms with Crippen LogP contribution in [0.5, 0.6) is 0 Å². The van der Waals surface area contributed by atoms with Gasteiger partial charge < -0.3 is 47.1 Å². The summed E-state index contributed by atoms with van der Waals surface area (Å²) in [7, 11) is 1.81. The number of anilines is 3. The number of nitrogens with zero attached hydrogens (tertiary/aromatic N) is 5. The third kappa shape index (κ3) is 9.23. The minimum atomic E-state index is -5.19. The molecule has 2 aromatic rings. The van der Waals surface area contributed by atoms with Crippen molar-refractivity contribution in [1.82, 2.24) is 20.2 Å². The lowest BCUT2D eigenvalue weighted by Crippen LogP contribution is -2.71. The zero-order chi connectivity index (χ0) is 37.7. The zero-order valence-corrected chi connectivity index (χ0v) is 28.9. The van der Waals surface area contributed by atoms with E-state index in [1.807, 2.05) is 14.0 Å². The number of nitrogens with one attached hydrogen (secondary N) is 2. The molecule has 2 aromatic heterocycles. The maximum absolute atomic E-state index is 13.3. The van der Waals surface area contributed by atoms with Gasteiger partial charge in [-0.3, -0.25) is 14.5 Å². The van der Waals surface area contributed by atoms with Crippen molar-refractivity contribution in [3.63, 3.8) is 0 Å². The standard InChI is InChI=1S/C24H29N9O7S3.C2HF3O2/c1-5-27-13-6-12(25)29-23(32(13)4)43-8-10-7-41-19-15(18(35)33(19)16(10)20(36)37)30-17(34)14(11-9-42-22(26)28-11)31-40-24(2,3)21(38)39;3-2(4,5)1(6)7/h6,9,15,19H,5,7-8H2,1-4H3,(H7,25,26,27,28,30,34,36,37,38,39);(H,6,7)/b31-14-;. The lowest BCUT2D eigenvalue weighted by atomic mass is 10.0. The van der Waals surface area contributed by atoms with Crippen molar-refractivity contribution in [1.29, 1.82) is 0 Å². The van der Waals surface area contributed by atoms with Gasteiger partial charge in [-0.25, -0.2) is 19.1 Å². The monoisotopic (exact) mass is 765 g/mol. The summed E-state index contributed by atoms with van der Waals surface area (Å²) in [4.78, 5) is 73.7. The van der Waals surface area contributed by atoms with Crippen LogP contribution in [0.4, 0.5) is 29.9 Å². The highest BCUT2D eigenvalue weighted by Crippen LogP contribution is 2.41. The van der Waals surface area contributed by atoms with Crippen LogP contribution in [0.1, 0.15) is 26.5 Å². The van der Waals surface area contributed by atoms with Crippen LogP contribution in [0.3, 0.4) is 0 Å².